The summed E-state index contributed by atoms with van der Waals surface area (Å²) in [5.74, 6) is 2.25. The van der Waals surface area contributed by atoms with Crippen LogP contribution < -0.4 is 20.7 Å². The van der Waals surface area contributed by atoms with Crippen molar-refractivity contribution in [3.05, 3.63) is 41.3 Å². The fourth-order valence-corrected chi connectivity index (χ4v) is 3.12. The molecule has 0 fully saturated rings. The Hall–Kier alpha value is -3.07. The minimum absolute atomic E-state index is 0.673. The largest absolute Gasteiger partial charge is 0.497 e. The molecule has 0 spiro atoms. The van der Waals surface area contributed by atoms with E-state index in [1.54, 1.807) is 25.0 Å². The van der Waals surface area contributed by atoms with Gasteiger partial charge in [-0.3, -0.25) is 9.67 Å². The number of aromatic nitrogens is 4. The van der Waals surface area contributed by atoms with Crippen molar-refractivity contribution < 1.29 is 4.74 Å². The Balaban J connectivity index is 1.42. The van der Waals surface area contributed by atoms with Crippen LogP contribution in [0.15, 0.2) is 35.7 Å². The van der Waals surface area contributed by atoms with E-state index in [9.17, 15) is 0 Å². The van der Waals surface area contributed by atoms with E-state index in [4.69, 9.17) is 16.3 Å². The summed E-state index contributed by atoms with van der Waals surface area (Å²) in [5.41, 5.74) is 1.85. The van der Waals surface area contributed by atoms with Crippen molar-refractivity contribution in [3.63, 3.8) is 0 Å². The summed E-state index contributed by atoms with van der Waals surface area (Å²) in [6.07, 6.45) is 4.07. The molecule has 0 saturated heterocycles. The quantitative estimate of drug-likeness (QED) is 0.292. The van der Waals surface area contributed by atoms with Gasteiger partial charge in [0.15, 0.2) is 11.6 Å². The maximum Gasteiger partial charge on any atom is 0.191 e. The number of aliphatic imine (C=N–C) groups is 1. The second kappa shape index (κ2) is 9.92. The molecule has 29 heavy (non-hydrogen) atoms. The monoisotopic (exact) mass is 416 g/mol. The predicted molar refractivity (Wildman–Crippen MR) is 116 cm³/mol. The zero-order chi connectivity index (χ0) is 20.6. The molecule has 0 aliphatic rings. The molecule has 10 heteroatoms. The number of fused-ring (bicyclic) bond motifs is 1. The Kier molecular flexibility index (Phi) is 7.07. The number of halogens is 1. The average Bonchev–Trinajstić information content (AvgIpc) is 3.12. The van der Waals surface area contributed by atoms with Gasteiger partial charge in [-0.25, -0.2) is 9.97 Å². The molecule has 0 saturated carbocycles. The van der Waals surface area contributed by atoms with Crippen LogP contribution in [0.5, 0.6) is 5.75 Å². The molecule has 3 N–H and O–H groups in total. The van der Waals surface area contributed by atoms with Gasteiger partial charge in [-0.1, -0.05) is 17.7 Å². The van der Waals surface area contributed by atoms with Crippen LogP contribution in [-0.4, -0.2) is 59.5 Å². The normalized spacial score (nSPS) is 11.5. The fourth-order valence-electron chi connectivity index (χ4n) is 2.86. The number of hydrogen-bond acceptors (Lipinski definition) is 6. The number of benzene rings is 1. The molecule has 0 bridgehead atoms. The van der Waals surface area contributed by atoms with Gasteiger partial charge in [-0.15, -0.1) is 0 Å². The molecular formula is C19H25ClN8O. The van der Waals surface area contributed by atoms with Crippen molar-refractivity contribution >= 4 is 34.4 Å². The van der Waals surface area contributed by atoms with Gasteiger partial charge in [0.1, 0.15) is 17.9 Å². The number of nitrogens with one attached hydrogen (secondary N) is 3. The van der Waals surface area contributed by atoms with Crippen molar-refractivity contribution in [2.24, 2.45) is 12.0 Å². The maximum atomic E-state index is 6.28. The van der Waals surface area contributed by atoms with Crippen molar-refractivity contribution in [2.75, 3.05) is 39.1 Å². The number of rotatable bonds is 8. The number of anilines is 1. The fraction of sp³-hybridized carbons (Fsp3) is 0.368. The average molecular weight is 417 g/mol. The third-order valence-electron chi connectivity index (χ3n) is 4.41. The summed E-state index contributed by atoms with van der Waals surface area (Å²) in [6.45, 7) is 2.06. The Morgan fingerprint density at radius 3 is 2.79 bits per heavy atom. The second-order valence-corrected chi connectivity index (χ2v) is 6.69. The molecule has 3 rings (SSSR count). The second-order valence-electron chi connectivity index (χ2n) is 6.29. The van der Waals surface area contributed by atoms with Crippen molar-refractivity contribution in [3.8, 4) is 5.75 Å². The molecular weight excluding hydrogens is 392 g/mol. The number of guanidine groups is 1. The predicted octanol–water partition coefficient (Wildman–Crippen LogP) is 1.84. The number of ether oxygens (including phenoxy) is 1. The highest BCUT2D eigenvalue weighted by Crippen LogP contribution is 2.22. The first-order chi connectivity index (χ1) is 14.1. The van der Waals surface area contributed by atoms with Crippen LogP contribution in [0.25, 0.3) is 11.0 Å². The van der Waals surface area contributed by atoms with Crippen LogP contribution in [0.4, 0.5) is 5.82 Å². The molecule has 0 aliphatic carbocycles. The van der Waals surface area contributed by atoms with Crippen LogP contribution in [-0.2, 0) is 13.5 Å². The van der Waals surface area contributed by atoms with Crippen LogP contribution in [0, 0.1) is 0 Å². The van der Waals surface area contributed by atoms with Gasteiger partial charge in [-0.2, -0.15) is 5.10 Å². The summed E-state index contributed by atoms with van der Waals surface area (Å²) in [7, 11) is 5.23. The van der Waals surface area contributed by atoms with Crippen LogP contribution >= 0.6 is 11.6 Å². The van der Waals surface area contributed by atoms with Gasteiger partial charge in [0.05, 0.1) is 18.7 Å². The van der Waals surface area contributed by atoms with Crippen molar-refractivity contribution in [2.45, 2.75) is 6.42 Å². The van der Waals surface area contributed by atoms with E-state index in [1.807, 2.05) is 25.2 Å². The van der Waals surface area contributed by atoms with Gasteiger partial charge in [0, 0.05) is 38.8 Å². The standard InChI is InChI=1S/C19H25ClN8O/c1-21-19(23-7-6-13-4-5-14(29-3)10-16(13)20)24-9-8-22-17-15-11-27-28(2)18(15)26-12-25-17/h4-5,10-12H,6-9H2,1-3H3,(H2,21,23,24)(H,22,25,26). The molecule has 1 aromatic carbocycles. The molecule has 3 aromatic rings. The summed E-state index contributed by atoms with van der Waals surface area (Å²) in [4.78, 5) is 12.8. The molecule has 0 atom stereocenters. The topological polar surface area (TPSA) is 101 Å². The lowest BCUT2D eigenvalue weighted by atomic mass is 10.1. The van der Waals surface area contributed by atoms with Crippen LogP contribution in [0.2, 0.25) is 5.02 Å². The minimum atomic E-state index is 0.673. The number of hydrogen-bond donors (Lipinski definition) is 3. The van der Waals surface area contributed by atoms with E-state index in [2.05, 4.69) is 36.0 Å². The Labute approximate surface area is 174 Å². The number of nitrogens with zero attached hydrogens (tertiary/aromatic N) is 5. The summed E-state index contributed by atoms with van der Waals surface area (Å²) in [5, 5.41) is 15.7. The highest BCUT2D eigenvalue weighted by Gasteiger charge is 2.07. The maximum absolute atomic E-state index is 6.28. The molecule has 0 unspecified atom stereocenters. The summed E-state index contributed by atoms with van der Waals surface area (Å²) in [6, 6.07) is 5.71. The van der Waals surface area contributed by atoms with Gasteiger partial charge >= 0.3 is 0 Å². The molecule has 0 amide bonds. The van der Waals surface area contributed by atoms with E-state index < -0.39 is 0 Å². The third-order valence-corrected chi connectivity index (χ3v) is 4.76. The summed E-state index contributed by atoms with van der Waals surface area (Å²) >= 11 is 6.28. The van der Waals surface area contributed by atoms with Gasteiger partial charge in [0.25, 0.3) is 0 Å². The lowest BCUT2D eigenvalue weighted by Gasteiger charge is -2.13. The van der Waals surface area contributed by atoms with Gasteiger partial charge in [-0.05, 0) is 24.1 Å². The zero-order valence-electron chi connectivity index (χ0n) is 16.7. The third kappa shape index (κ3) is 5.26. The van der Waals surface area contributed by atoms with E-state index in [1.165, 1.54) is 6.33 Å². The molecule has 0 radical (unpaired) electrons. The van der Waals surface area contributed by atoms with Crippen molar-refractivity contribution in [1.82, 2.24) is 30.4 Å². The molecule has 0 aliphatic heterocycles. The minimum Gasteiger partial charge on any atom is -0.497 e. The van der Waals surface area contributed by atoms with Crippen LogP contribution in [0.1, 0.15) is 5.56 Å². The number of methoxy groups -OCH3 is 1. The SMILES string of the molecule is CN=C(NCCNc1ncnc2c1cnn2C)NCCc1ccc(OC)cc1Cl. The van der Waals surface area contributed by atoms with E-state index in [-0.39, 0.29) is 0 Å². The lowest BCUT2D eigenvalue weighted by molar-refractivity contribution is 0.414. The van der Waals surface area contributed by atoms with Crippen LogP contribution in [0.3, 0.4) is 0 Å². The van der Waals surface area contributed by atoms with Crippen molar-refractivity contribution in [1.29, 1.82) is 0 Å². The zero-order valence-corrected chi connectivity index (χ0v) is 17.5. The number of aryl methyl sites for hydroxylation is 1. The molecule has 154 valence electrons. The van der Waals surface area contributed by atoms with E-state index in [0.29, 0.717) is 24.7 Å². The Morgan fingerprint density at radius 1 is 1.21 bits per heavy atom. The highest BCUT2D eigenvalue weighted by atomic mass is 35.5. The molecule has 2 aromatic heterocycles. The highest BCUT2D eigenvalue weighted by molar-refractivity contribution is 6.31. The smallest absolute Gasteiger partial charge is 0.191 e. The van der Waals surface area contributed by atoms with E-state index >= 15 is 0 Å². The lowest BCUT2D eigenvalue weighted by Crippen LogP contribution is -2.40. The molecule has 2 heterocycles. The Morgan fingerprint density at radius 2 is 2.03 bits per heavy atom. The first kappa shape index (κ1) is 20.7. The first-order valence-corrected chi connectivity index (χ1v) is 9.63. The first-order valence-electron chi connectivity index (χ1n) is 9.26. The summed E-state index contributed by atoms with van der Waals surface area (Å²) < 4.78 is 6.90. The van der Waals surface area contributed by atoms with Gasteiger partial charge in [0.2, 0.25) is 0 Å². The van der Waals surface area contributed by atoms with E-state index in [0.717, 1.165) is 40.5 Å². The molecule has 9 nitrogen and oxygen atoms in total. The Bertz CT molecular complexity index is 987. The van der Waals surface area contributed by atoms with Gasteiger partial charge < -0.3 is 20.7 Å².